The Bertz CT molecular complexity index is 91.0. The van der Waals surface area contributed by atoms with Gasteiger partial charge in [-0.2, -0.15) is 0 Å². The molecule has 0 heterocycles. The number of carbonyl (C=O) groups excluding carboxylic acids is 1. The van der Waals surface area contributed by atoms with E-state index >= 15 is 0 Å². The molecule has 0 fully saturated rings. The van der Waals surface area contributed by atoms with Crippen molar-refractivity contribution in [2.75, 3.05) is 14.2 Å². The predicted octanol–water partition coefficient (Wildman–Crippen LogP) is 0.762. The molecule has 0 saturated carbocycles. The first-order chi connectivity index (χ1) is 4.20. The Morgan fingerprint density at radius 1 is 1.44 bits per heavy atom. The molecule has 0 bridgehead atoms. The minimum atomic E-state index is -0.732. The highest BCUT2D eigenvalue weighted by atomic mass is 16.8. The molecule has 9 heavy (non-hydrogen) atoms. The largest absolute Gasteiger partial charge is 0.510 e. The van der Waals surface area contributed by atoms with Crippen LogP contribution in [0.25, 0.3) is 0 Å². The highest BCUT2D eigenvalue weighted by Gasteiger charge is 2.05. The maximum Gasteiger partial charge on any atom is 0.510 e. The fraction of sp³-hybridized carbons (Fsp3) is 0.800. The summed E-state index contributed by atoms with van der Waals surface area (Å²) in [5.41, 5.74) is 0. The average molecular weight is 134 g/mol. The lowest BCUT2D eigenvalue weighted by Crippen LogP contribution is -2.15. The molecular weight excluding hydrogens is 124 g/mol. The van der Waals surface area contributed by atoms with Gasteiger partial charge in [-0.15, -0.1) is 0 Å². The van der Waals surface area contributed by atoms with Gasteiger partial charge in [0.2, 0.25) is 6.29 Å². The van der Waals surface area contributed by atoms with Gasteiger partial charge in [-0.25, -0.2) is 4.79 Å². The van der Waals surface area contributed by atoms with Crippen molar-refractivity contribution in [3.8, 4) is 0 Å². The molecule has 1 atom stereocenters. The molecule has 0 saturated heterocycles. The highest BCUT2D eigenvalue weighted by molar-refractivity contribution is 5.59. The van der Waals surface area contributed by atoms with Crippen molar-refractivity contribution in [3.05, 3.63) is 0 Å². The number of hydrogen-bond acceptors (Lipinski definition) is 4. The zero-order chi connectivity index (χ0) is 7.28. The van der Waals surface area contributed by atoms with Crippen LogP contribution in [0.2, 0.25) is 0 Å². The van der Waals surface area contributed by atoms with Gasteiger partial charge < -0.3 is 14.2 Å². The number of hydrogen-bond donors (Lipinski definition) is 0. The van der Waals surface area contributed by atoms with Crippen molar-refractivity contribution in [1.29, 1.82) is 0 Å². The lowest BCUT2D eigenvalue weighted by atomic mass is 10.8. The lowest BCUT2D eigenvalue weighted by molar-refractivity contribution is -0.0876. The van der Waals surface area contributed by atoms with Crippen molar-refractivity contribution >= 4 is 6.16 Å². The van der Waals surface area contributed by atoms with Crippen molar-refractivity contribution in [2.45, 2.75) is 13.2 Å². The quantitative estimate of drug-likeness (QED) is 0.413. The summed E-state index contributed by atoms with van der Waals surface area (Å²) in [7, 11) is 2.68. The Balaban J connectivity index is 3.34. The van der Waals surface area contributed by atoms with E-state index in [2.05, 4.69) is 14.2 Å². The van der Waals surface area contributed by atoms with Crippen LogP contribution in [0.4, 0.5) is 4.79 Å². The van der Waals surface area contributed by atoms with Gasteiger partial charge in [-0.3, -0.25) is 0 Å². The summed E-state index contributed by atoms with van der Waals surface area (Å²) in [5.74, 6) is 0. The minimum absolute atomic E-state index is 0.544. The zero-order valence-corrected chi connectivity index (χ0v) is 5.71. The van der Waals surface area contributed by atoms with Crippen molar-refractivity contribution < 1.29 is 19.0 Å². The molecule has 4 nitrogen and oxygen atoms in total. The van der Waals surface area contributed by atoms with E-state index in [9.17, 15) is 4.79 Å². The van der Waals surface area contributed by atoms with E-state index < -0.39 is 12.4 Å². The molecule has 0 aromatic rings. The molecule has 1 unspecified atom stereocenters. The van der Waals surface area contributed by atoms with Gasteiger partial charge in [0, 0.05) is 7.11 Å². The van der Waals surface area contributed by atoms with Crippen LogP contribution in [-0.4, -0.2) is 26.7 Å². The molecule has 0 rings (SSSR count). The summed E-state index contributed by atoms with van der Waals surface area (Å²) < 4.78 is 13.2. The van der Waals surface area contributed by atoms with Crippen molar-refractivity contribution in [2.24, 2.45) is 0 Å². The molecule has 54 valence electrons. The zero-order valence-electron chi connectivity index (χ0n) is 5.71. The van der Waals surface area contributed by atoms with Gasteiger partial charge in [-0.05, 0) is 6.92 Å². The Morgan fingerprint density at radius 3 is 2.33 bits per heavy atom. The van der Waals surface area contributed by atoms with Crippen LogP contribution < -0.4 is 0 Å². The highest BCUT2D eigenvalue weighted by Crippen LogP contribution is 1.92. The molecule has 0 aliphatic rings. The Kier molecular flexibility index (Phi) is 3.79. The van der Waals surface area contributed by atoms with Crippen LogP contribution in [0.3, 0.4) is 0 Å². The maximum absolute atomic E-state index is 10.3. The second kappa shape index (κ2) is 4.14. The summed E-state index contributed by atoms with van der Waals surface area (Å²) >= 11 is 0. The van der Waals surface area contributed by atoms with E-state index in [0.29, 0.717) is 0 Å². The topological polar surface area (TPSA) is 44.8 Å². The van der Waals surface area contributed by atoms with Crippen molar-refractivity contribution in [1.82, 2.24) is 0 Å². The standard InChI is InChI=1S/C5H10O4/c1-4(7-2)9-5(6)8-3/h4H,1-3H3. The first-order valence-corrected chi connectivity index (χ1v) is 2.48. The van der Waals surface area contributed by atoms with Crippen LogP contribution in [-0.2, 0) is 14.2 Å². The fourth-order valence-corrected chi connectivity index (χ4v) is 0.232. The summed E-state index contributed by atoms with van der Waals surface area (Å²) in [6.45, 7) is 1.59. The summed E-state index contributed by atoms with van der Waals surface area (Å²) in [4.78, 5) is 10.3. The number of carbonyl (C=O) groups is 1. The van der Waals surface area contributed by atoms with Crippen LogP contribution in [0.15, 0.2) is 0 Å². The molecule has 0 aliphatic carbocycles. The second-order valence-corrected chi connectivity index (χ2v) is 1.38. The third-order valence-electron chi connectivity index (χ3n) is 0.761. The minimum Gasteiger partial charge on any atom is -0.438 e. The molecule has 0 aromatic heterocycles. The van der Waals surface area contributed by atoms with Crippen LogP contribution in [0.5, 0.6) is 0 Å². The van der Waals surface area contributed by atoms with E-state index in [1.165, 1.54) is 14.2 Å². The lowest BCUT2D eigenvalue weighted by Gasteiger charge is -2.08. The van der Waals surface area contributed by atoms with E-state index in [4.69, 9.17) is 0 Å². The van der Waals surface area contributed by atoms with Crippen LogP contribution in [0, 0.1) is 0 Å². The van der Waals surface area contributed by atoms with Crippen molar-refractivity contribution in [3.63, 3.8) is 0 Å². The second-order valence-electron chi connectivity index (χ2n) is 1.38. The molecule has 0 spiro atoms. The number of methoxy groups -OCH3 is 2. The average Bonchev–Trinajstić information content (AvgIpc) is 1.87. The van der Waals surface area contributed by atoms with Gasteiger partial charge >= 0.3 is 6.16 Å². The fourth-order valence-electron chi connectivity index (χ4n) is 0.232. The first kappa shape index (κ1) is 8.23. The Labute approximate surface area is 53.7 Å². The first-order valence-electron chi connectivity index (χ1n) is 2.48. The van der Waals surface area contributed by atoms with Crippen LogP contribution in [0.1, 0.15) is 6.92 Å². The van der Waals surface area contributed by atoms with E-state index in [1.807, 2.05) is 0 Å². The SMILES string of the molecule is COC(=O)OC(C)OC. The van der Waals surface area contributed by atoms with Gasteiger partial charge in [0.05, 0.1) is 7.11 Å². The van der Waals surface area contributed by atoms with Gasteiger partial charge in [0.25, 0.3) is 0 Å². The molecule has 0 aliphatic heterocycles. The molecule has 0 amide bonds. The monoisotopic (exact) mass is 134 g/mol. The number of ether oxygens (including phenoxy) is 3. The molecule has 0 aromatic carbocycles. The van der Waals surface area contributed by atoms with Crippen LogP contribution >= 0.6 is 0 Å². The third-order valence-corrected chi connectivity index (χ3v) is 0.761. The molecular formula is C5H10O4. The third kappa shape index (κ3) is 3.78. The summed E-state index contributed by atoms with van der Waals surface area (Å²) in [6.07, 6.45) is -1.28. The smallest absolute Gasteiger partial charge is 0.438 e. The molecule has 0 N–H and O–H groups in total. The van der Waals surface area contributed by atoms with Gasteiger partial charge in [0.15, 0.2) is 0 Å². The maximum atomic E-state index is 10.3. The van der Waals surface area contributed by atoms with Gasteiger partial charge in [0.1, 0.15) is 0 Å². The Morgan fingerprint density at radius 2 is 2.00 bits per heavy atom. The molecule has 0 radical (unpaired) electrons. The van der Waals surface area contributed by atoms with E-state index in [1.54, 1.807) is 6.92 Å². The van der Waals surface area contributed by atoms with E-state index in [-0.39, 0.29) is 0 Å². The predicted molar refractivity (Wildman–Crippen MR) is 30.0 cm³/mol. The molecule has 4 heteroatoms. The summed E-state index contributed by atoms with van der Waals surface area (Å²) in [6, 6.07) is 0. The number of rotatable bonds is 2. The summed E-state index contributed by atoms with van der Waals surface area (Å²) in [5, 5.41) is 0. The normalized spacial score (nSPS) is 12.3. The van der Waals surface area contributed by atoms with E-state index in [0.717, 1.165) is 0 Å². The van der Waals surface area contributed by atoms with Gasteiger partial charge in [-0.1, -0.05) is 0 Å². The Hall–Kier alpha value is -0.770.